The Morgan fingerprint density at radius 3 is 2.48 bits per heavy atom. The molecule has 0 saturated heterocycles. The van der Waals surface area contributed by atoms with E-state index in [1.807, 2.05) is 31.2 Å². The molecule has 2 aromatic heterocycles. The van der Waals surface area contributed by atoms with E-state index in [2.05, 4.69) is 64.9 Å². The number of nitrogen functional groups attached to an aromatic ring is 1. The number of pyridine rings is 1. The fourth-order valence-corrected chi connectivity index (χ4v) is 4.25. The molecular formula is C24H23N5. The lowest BCUT2D eigenvalue weighted by atomic mass is 9.96. The largest absolute Gasteiger partial charge is 0.384 e. The topological polar surface area (TPSA) is 60.0 Å². The highest BCUT2D eigenvalue weighted by Gasteiger charge is 2.23. The van der Waals surface area contributed by atoms with E-state index in [4.69, 9.17) is 10.8 Å². The maximum Gasteiger partial charge on any atom is 0.133 e. The lowest BCUT2D eigenvalue weighted by molar-refractivity contribution is 0.761. The van der Waals surface area contributed by atoms with Crippen LogP contribution in [-0.2, 0) is 6.54 Å². The highest BCUT2D eigenvalue weighted by molar-refractivity contribution is 5.75. The van der Waals surface area contributed by atoms with E-state index in [0.717, 1.165) is 51.7 Å². The van der Waals surface area contributed by atoms with Crippen molar-refractivity contribution in [1.82, 2.24) is 14.8 Å². The number of aryl methyl sites for hydroxylation is 2. The lowest BCUT2D eigenvalue weighted by Gasteiger charge is -2.28. The standard InChI is InChI=1S/C24H23N5/c1-15-11-22(25)26-16(2)24(15)18-9-10-19-14-28(3)23-13-20(17-7-5-4-6-8-17)27-29(23)21(19)12-18/h4-13H,14H2,1-3H3,(H2,25,26). The van der Waals surface area contributed by atoms with Crippen LogP contribution in [0.1, 0.15) is 16.8 Å². The molecule has 0 atom stereocenters. The van der Waals surface area contributed by atoms with Crippen LogP contribution >= 0.6 is 0 Å². The maximum atomic E-state index is 5.92. The Balaban J connectivity index is 1.67. The first kappa shape index (κ1) is 17.5. The fraction of sp³-hybridized carbons (Fsp3) is 0.167. The average Bonchev–Trinajstić information content (AvgIpc) is 3.15. The van der Waals surface area contributed by atoms with Gasteiger partial charge in [0.1, 0.15) is 11.6 Å². The first-order valence-electron chi connectivity index (χ1n) is 9.75. The minimum absolute atomic E-state index is 0.560. The van der Waals surface area contributed by atoms with Crippen LogP contribution in [0.25, 0.3) is 28.1 Å². The summed E-state index contributed by atoms with van der Waals surface area (Å²) in [5.41, 5.74) is 14.7. The molecule has 0 bridgehead atoms. The molecule has 0 aliphatic carbocycles. The number of nitrogens with two attached hydrogens (primary N) is 1. The van der Waals surface area contributed by atoms with Gasteiger partial charge in [-0.1, -0.05) is 42.5 Å². The minimum Gasteiger partial charge on any atom is -0.384 e. The number of fused-ring (bicyclic) bond motifs is 3. The van der Waals surface area contributed by atoms with Crippen molar-refractivity contribution in [3.63, 3.8) is 0 Å². The molecule has 0 unspecified atom stereocenters. The van der Waals surface area contributed by atoms with Crippen molar-refractivity contribution < 1.29 is 0 Å². The predicted octanol–water partition coefficient (Wildman–Crippen LogP) is 4.75. The van der Waals surface area contributed by atoms with E-state index in [9.17, 15) is 0 Å². The van der Waals surface area contributed by atoms with Crippen LogP contribution in [0.4, 0.5) is 11.6 Å². The van der Waals surface area contributed by atoms with Crippen LogP contribution in [0.3, 0.4) is 0 Å². The van der Waals surface area contributed by atoms with Gasteiger partial charge < -0.3 is 10.6 Å². The molecular weight excluding hydrogens is 358 g/mol. The Labute approximate surface area is 170 Å². The van der Waals surface area contributed by atoms with Gasteiger partial charge in [-0.15, -0.1) is 0 Å². The number of nitrogens with zero attached hydrogens (tertiary/aromatic N) is 4. The number of anilines is 2. The molecule has 4 aromatic rings. The summed E-state index contributed by atoms with van der Waals surface area (Å²) in [6, 6.07) is 21.0. The van der Waals surface area contributed by atoms with Crippen molar-refractivity contribution >= 4 is 11.6 Å². The molecule has 144 valence electrons. The number of aromatic nitrogens is 3. The summed E-state index contributed by atoms with van der Waals surface area (Å²) in [6.45, 7) is 4.95. The molecule has 0 radical (unpaired) electrons. The van der Waals surface area contributed by atoms with Crippen molar-refractivity contribution in [2.45, 2.75) is 20.4 Å². The van der Waals surface area contributed by atoms with Crippen molar-refractivity contribution in [3.8, 4) is 28.1 Å². The van der Waals surface area contributed by atoms with E-state index in [1.165, 1.54) is 5.56 Å². The van der Waals surface area contributed by atoms with E-state index in [-0.39, 0.29) is 0 Å². The molecule has 3 heterocycles. The molecule has 1 aliphatic rings. The highest BCUT2D eigenvalue weighted by atomic mass is 15.4. The Hall–Kier alpha value is -3.60. The second kappa shape index (κ2) is 6.48. The smallest absolute Gasteiger partial charge is 0.133 e. The van der Waals surface area contributed by atoms with Crippen molar-refractivity contribution in [3.05, 3.63) is 77.5 Å². The Bertz CT molecular complexity index is 1200. The van der Waals surface area contributed by atoms with E-state index < -0.39 is 0 Å². The zero-order valence-corrected chi connectivity index (χ0v) is 16.8. The quantitative estimate of drug-likeness (QED) is 0.544. The van der Waals surface area contributed by atoms with E-state index in [1.54, 1.807) is 0 Å². The van der Waals surface area contributed by atoms with Crippen molar-refractivity contribution in [2.24, 2.45) is 0 Å². The Morgan fingerprint density at radius 2 is 1.72 bits per heavy atom. The molecule has 2 aromatic carbocycles. The maximum absolute atomic E-state index is 5.92. The van der Waals surface area contributed by atoms with Crippen molar-refractivity contribution in [1.29, 1.82) is 0 Å². The van der Waals surface area contributed by atoms with Crippen LogP contribution in [0, 0.1) is 13.8 Å². The molecule has 1 aliphatic heterocycles. The van der Waals surface area contributed by atoms with Gasteiger partial charge in [0.15, 0.2) is 0 Å². The number of hydrogen-bond donors (Lipinski definition) is 1. The second-order valence-corrected chi connectivity index (χ2v) is 7.69. The molecule has 0 spiro atoms. The third-order valence-corrected chi connectivity index (χ3v) is 5.58. The summed E-state index contributed by atoms with van der Waals surface area (Å²) < 4.78 is 2.06. The number of benzene rings is 2. The van der Waals surface area contributed by atoms with Crippen LogP contribution in [0.15, 0.2) is 60.7 Å². The first-order chi connectivity index (χ1) is 14.0. The number of hydrogen-bond acceptors (Lipinski definition) is 4. The third-order valence-electron chi connectivity index (χ3n) is 5.58. The van der Waals surface area contributed by atoms with Gasteiger partial charge in [0.2, 0.25) is 0 Å². The third kappa shape index (κ3) is 2.86. The predicted molar refractivity (Wildman–Crippen MR) is 118 cm³/mol. The molecule has 5 rings (SSSR count). The SMILES string of the molecule is Cc1cc(N)nc(C)c1-c1ccc2c(c1)-n1nc(-c3ccccc3)cc1N(C)C2. The summed E-state index contributed by atoms with van der Waals surface area (Å²) in [7, 11) is 2.11. The summed E-state index contributed by atoms with van der Waals surface area (Å²) in [5, 5.41) is 4.95. The van der Waals surface area contributed by atoms with Gasteiger partial charge in [-0.2, -0.15) is 5.10 Å². The normalized spacial score (nSPS) is 12.6. The van der Waals surface area contributed by atoms with Gasteiger partial charge >= 0.3 is 0 Å². The lowest BCUT2D eigenvalue weighted by Crippen LogP contribution is -2.25. The van der Waals surface area contributed by atoms with Gasteiger partial charge in [0, 0.05) is 36.5 Å². The summed E-state index contributed by atoms with van der Waals surface area (Å²) in [5.74, 6) is 1.66. The summed E-state index contributed by atoms with van der Waals surface area (Å²) >= 11 is 0. The summed E-state index contributed by atoms with van der Waals surface area (Å²) in [4.78, 5) is 6.71. The van der Waals surface area contributed by atoms with Gasteiger partial charge in [0.05, 0.1) is 11.4 Å². The van der Waals surface area contributed by atoms with Gasteiger partial charge in [0.25, 0.3) is 0 Å². The first-order valence-corrected chi connectivity index (χ1v) is 9.75. The fourth-order valence-electron chi connectivity index (χ4n) is 4.25. The Morgan fingerprint density at radius 1 is 0.931 bits per heavy atom. The zero-order valence-electron chi connectivity index (χ0n) is 16.8. The molecule has 0 saturated carbocycles. The number of rotatable bonds is 2. The zero-order chi connectivity index (χ0) is 20.1. The van der Waals surface area contributed by atoms with Gasteiger partial charge in [-0.05, 0) is 42.7 Å². The van der Waals surface area contributed by atoms with Crippen LogP contribution in [0.5, 0.6) is 0 Å². The summed E-state index contributed by atoms with van der Waals surface area (Å²) in [6.07, 6.45) is 0. The van der Waals surface area contributed by atoms with Gasteiger partial charge in [-0.3, -0.25) is 0 Å². The van der Waals surface area contributed by atoms with Gasteiger partial charge in [-0.25, -0.2) is 9.67 Å². The molecule has 5 heteroatoms. The minimum atomic E-state index is 0.560. The Kier molecular flexibility index (Phi) is 3.91. The molecule has 0 fully saturated rings. The second-order valence-electron chi connectivity index (χ2n) is 7.69. The molecule has 5 nitrogen and oxygen atoms in total. The molecule has 29 heavy (non-hydrogen) atoms. The van der Waals surface area contributed by atoms with Crippen LogP contribution < -0.4 is 10.6 Å². The molecule has 2 N–H and O–H groups in total. The molecule has 0 amide bonds. The van der Waals surface area contributed by atoms with Crippen LogP contribution in [-0.4, -0.2) is 21.8 Å². The highest BCUT2D eigenvalue weighted by Crippen LogP contribution is 2.36. The van der Waals surface area contributed by atoms with E-state index in [0.29, 0.717) is 5.82 Å². The monoisotopic (exact) mass is 381 g/mol. The van der Waals surface area contributed by atoms with Crippen LogP contribution in [0.2, 0.25) is 0 Å². The van der Waals surface area contributed by atoms with E-state index >= 15 is 0 Å². The van der Waals surface area contributed by atoms with Crippen molar-refractivity contribution in [2.75, 3.05) is 17.7 Å². The average molecular weight is 381 g/mol.